The molecule has 106 valence electrons. The van der Waals surface area contributed by atoms with E-state index in [2.05, 4.69) is 0 Å². The summed E-state index contributed by atoms with van der Waals surface area (Å²) in [6, 6.07) is 8.18. The minimum absolute atomic E-state index is 0.261. The maximum absolute atomic E-state index is 14.0. The lowest BCUT2D eigenvalue weighted by atomic mass is 9.95. The summed E-state index contributed by atoms with van der Waals surface area (Å²) in [5.41, 5.74) is -0.889. The van der Waals surface area contributed by atoms with Crippen molar-refractivity contribution < 1.29 is 22.7 Å². The molecule has 0 aliphatic carbocycles. The molecular weight excluding hydrogens is 272 g/mol. The molecule has 20 heavy (non-hydrogen) atoms. The Morgan fingerprint density at radius 1 is 0.700 bits per heavy atom. The molecular formula is C15H12F4O. The SMILES string of the molecule is Cc1ccc(C(F)(F)C(F)(F)c2ccc(O)cc2)cc1. The van der Waals surface area contributed by atoms with Crippen LogP contribution in [0.2, 0.25) is 0 Å². The Morgan fingerprint density at radius 2 is 1.05 bits per heavy atom. The molecule has 0 amide bonds. The van der Waals surface area contributed by atoms with Gasteiger partial charge in [-0.3, -0.25) is 0 Å². The zero-order chi connectivity index (χ0) is 15.0. The Kier molecular flexibility index (Phi) is 3.46. The van der Waals surface area contributed by atoms with Gasteiger partial charge in [0.05, 0.1) is 0 Å². The molecule has 2 aromatic rings. The Labute approximate surface area is 113 Å². The zero-order valence-corrected chi connectivity index (χ0v) is 10.6. The van der Waals surface area contributed by atoms with Crippen molar-refractivity contribution in [3.8, 4) is 5.75 Å². The van der Waals surface area contributed by atoms with Gasteiger partial charge in [0.15, 0.2) is 0 Å². The van der Waals surface area contributed by atoms with Crippen molar-refractivity contribution in [3.63, 3.8) is 0 Å². The first-order chi connectivity index (χ1) is 9.25. The summed E-state index contributed by atoms with van der Waals surface area (Å²) in [4.78, 5) is 0. The van der Waals surface area contributed by atoms with Gasteiger partial charge in [-0.15, -0.1) is 0 Å². The third-order valence-corrected chi connectivity index (χ3v) is 3.04. The molecule has 0 fully saturated rings. The molecule has 0 bridgehead atoms. The van der Waals surface area contributed by atoms with Crippen LogP contribution < -0.4 is 0 Å². The summed E-state index contributed by atoms with van der Waals surface area (Å²) in [6.07, 6.45) is 0. The monoisotopic (exact) mass is 284 g/mol. The fourth-order valence-electron chi connectivity index (χ4n) is 1.80. The number of rotatable bonds is 3. The predicted octanol–water partition coefficient (Wildman–Crippen LogP) is 4.58. The Morgan fingerprint density at radius 3 is 1.45 bits per heavy atom. The van der Waals surface area contributed by atoms with Crippen molar-refractivity contribution in [2.45, 2.75) is 18.8 Å². The second-order valence-corrected chi connectivity index (χ2v) is 4.56. The Hall–Kier alpha value is -2.04. The van der Waals surface area contributed by atoms with Gasteiger partial charge in [-0.05, 0) is 31.2 Å². The minimum atomic E-state index is -4.37. The standard InChI is InChI=1S/C15H12F4O/c1-10-2-4-11(5-3-10)14(16,17)15(18,19)12-6-8-13(20)9-7-12/h2-9,20H,1H3. The van der Waals surface area contributed by atoms with E-state index in [9.17, 15) is 17.6 Å². The molecule has 0 unspecified atom stereocenters. The number of phenolic OH excluding ortho intramolecular Hbond substituents is 1. The highest BCUT2D eigenvalue weighted by Crippen LogP contribution is 2.49. The number of aryl methyl sites for hydroxylation is 1. The lowest BCUT2D eigenvalue weighted by Gasteiger charge is -2.27. The lowest BCUT2D eigenvalue weighted by Crippen LogP contribution is -2.35. The van der Waals surface area contributed by atoms with Gasteiger partial charge in [-0.2, -0.15) is 17.6 Å². The van der Waals surface area contributed by atoms with E-state index in [-0.39, 0.29) is 5.75 Å². The van der Waals surface area contributed by atoms with E-state index in [1.807, 2.05) is 0 Å². The van der Waals surface area contributed by atoms with Gasteiger partial charge in [-0.1, -0.05) is 29.8 Å². The topological polar surface area (TPSA) is 20.2 Å². The van der Waals surface area contributed by atoms with Crippen LogP contribution in [-0.4, -0.2) is 5.11 Å². The molecule has 1 N–H and O–H groups in total. The first-order valence-corrected chi connectivity index (χ1v) is 5.87. The van der Waals surface area contributed by atoms with Gasteiger partial charge in [-0.25, -0.2) is 0 Å². The number of hydrogen-bond acceptors (Lipinski definition) is 1. The van der Waals surface area contributed by atoms with E-state index in [1.54, 1.807) is 6.92 Å². The maximum atomic E-state index is 14.0. The van der Waals surface area contributed by atoms with Gasteiger partial charge in [0.25, 0.3) is 0 Å². The average Bonchev–Trinajstić information content (AvgIpc) is 2.39. The average molecular weight is 284 g/mol. The summed E-state index contributed by atoms with van der Waals surface area (Å²) >= 11 is 0. The van der Waals surface area contributed by atoms with Crippen LogP contribution in [0, 0.1) is 6.92 Å². The van der Waals surface area contributed by atoms with Crippen molar-refractivity contribution in [1.29, 1.82) is 0 Å². The molecule has 2 aromatic carbocycles. The molecule has 0 aliphatic rings. The highest BCUT2D eigenvalue weighted by atomic mass is 19.3. The lowest BCUT2D eigenvalue weighted by molar-refractivity contribution is -0.223. The van der Waals surface area contributed by atoms with Crippen LogP contribution in [0.1, 0.15) is 16.7 Å². The second-order valence-electron chi connectivity index (χ2n) is 4.56. The maximum Gasteiger partial charge on any atom is 0.339 e. The fraction of sp³-hybridized carbons (Fsp3) is 0.200. The molecule has 1 nitrogen and oxygen atoms in total. The third-order valence-electron chi connectivity index (χ3n) is 3.04. The van der Waals surface area contributed by atoms with Gasteiger partial charge >= 0.3 is 11.8 Å². The molecule has 0 saturated heterocycles. The molecule has 0 radical (unpaired) electrons. The van der Waals surface area contributed by atoms with Crippen LogP contribution in [0.4, 0.5) is 17.6 Å². The quantitative estimate of drug-likeness (QED) is 0.818. The van der Waals surface area contributed by atoms with Crippen LogP contribution in [0.5, 0.6) is 5.75 Å². The van der Waals surface area contributed by atoms with Crippen LogP contribution >= 0.6 is 0 Å². The second kappa shape index (κ2) is 4.81. The zero-order valence-electron chi connectivity index (χ0n) is 10.6. The largest absolute Gasteiger partial charge is 0.508 e. The van der Waals surface area contributed by atoms with Gasteiger partial charge < -0.3 is 5.11 Å². The van der Waals surface area contributed by atoms with E-state index in [4.69, 9.17) is 5.11 Å². The van der Waals surface area contributed by atoms with Crippen LogP contribution in [0.15, 0.2) is 48.5 Å². The molecule has 2 rings (SSSR count). The van der Waals surface area contributed by atoms with Crippen molar-refractivity contribution in [3.05, 3.63) is 65.2 Å². The summed E-state index contributed by atoms with van der Waals surface area (Å²) in [5, 5.41) is 9.04. The summed E-state index contributed by atoms with van der Waals surface area (Å²) in [7, 11) is 0. The van der Waals surface area contributed by atoms with Gasteiger partial charge in [0, 0.05) is 11.1 Å². The molecule has 0 atom stereocenters. The summed E-state index contributed by atoms with van der Waals surface area (Å²) in [5.74, 6) is -8.96. The summed E-state index contributed by atoms with van der Waals surface area (Å²) in [6.45, 7) is 1.68. The fourth-order valence-corrected chi connectivity index (χ4v) is 1.80. The Bertz CT molecular complexity index is 533. The summed E-state index contributed by atoms with van der Waals surface area (Å²) < 4.78 is 56.1. The van der Waals surface area contributed by atoms with Crippen LogP contribution in [0.25, 0.3) is 0 Å². The van der Waals surface area contributed by atoms with Crippen LogP contribution in [-0.2, 0) is 11.8 Å². The molecule has 0 spiro atoms. The van der Waals surface area contributed by atoms with E-state index in [1.165, 1.54) is 12.1 Å². The van der Waals surface area contributed by atoms with Crippen LogP contribution in [0.3, 0.4) is 0 Å². The number of halogens is 4. The van der Waals surface area contributed by atoms with E-state index in [0.29, 0.717) is 5.56 Å². The molecule has 5 heteroatoms. The highest BCUT2D eigenvalue weighted by molar-refractivity contribution is 5.34. The number of benzene rings is 2. The van der Waals surface area contributed by atoms with Gasteiger partial charge in [0.1, 0.15) is 5.75 Å². The number of hydrogen-bond donors (Lipinski definition) is 1. The highest BCUT2D eigenvalue weighted by Gasteiger charge is 2.58. The van der Waals surface area contributed by atoms with E-state index in [0.717, 1.165) is 36.4 Å². The van der Waals surface area contributed by atoms with E-state index < -0.39 is 23.0 Å². The first kappa shape index (κ1) is 14.4. The van der Waals surface area contributed by atoms with E-state index >= 15 is 0 Å². The molecule has 0 aliphatic heterocycles. The Balaban J connectivity index is 2.45. The molecule has 0 saturated carbocycles. The van der Waals surface area contributed by atoms with Crippen molar-refractivity contribution in [1.82, 2.24) is 0 Å². The smallest absolute Gasteiger partial charge is 0.339 e. The molecule has 0 heterocycles. The normalized spacial score (nSPS) is 12.4. The van der Waals surface area contributed by atoms with Crippen molar-refractivity contribution in [2.24, 2.45) is 0 Å². The predicted molar refractivity (Wildman–Crippen MR) is 67.1 cm³/mol. The minimum Gasteiger partial charge on any atom is -0.508 e. The van der Waals surface area contributed by atoms with Crippen molar-refractivity contribution in [2.75, 3.05) is 0 Å². The number of phenols is 1. The third kappa shape index (κ3) is 2.35. The molecule has 0 aromatic heterocycles. The van der Waals surface area contributed by atoms with Crippen molar-refractivity contribution >= 4 is 0 Å². The number of aromatic hydroxyl groups is 1. The van der Waals surface area contributed by atoms with Gasteiger partial charge in [0.2, 0.25) is 0 Å². The number of alkyl halides is 4. The first-order valence-electron chi connectivity index (χ1n) is 5.87.